The van der Waals surface area contributed by atoms with Crippen LogP contribution in [-0.2, 0) is 9.53 Å². The smallest absolute Gasteiger partial charge is 0.414 e. The Labute approximate surface area is 263 Å². The molecule has 41 heavy (non-hydrogen) atoms. The Morgan fingerprint density at radius 2 is 1.51 bits per heavy atom. The highest BCUT2D eigenvalue weighted by atomic mass is 35.5. The third kappa shape index (κ3) is 7.40. The fourth-order valence-electron chi connectivity index (χ4n) is 4.25. The first-order valence-electron chi connectivity index (χ1n) is 12.4. The summed E-state index contributed by atoms with van der Waals surface area (Å²) in [5.74, 6) is -2.27. The normalized spacial score (nSPS) is 17.4. The molecule has 1 aliphatic rings. The average Bonchev–Trinajstić information content (AvgIpc) is 3.45. The first kappa shape index (κ1) is 31.3. The molecule has 0 heterocycles. The number of hydrogen-bond donors (Lipinski definition) is 2. The van der Waals surface area contributed by atoms with E-state index < -0.39 is 39.7 Å². The predicted octanol–water partition coefficient (Wildman–Crippen LogP) is 8.80. The minimum atomic E-state index is -1.36. The number of nitrogens with one attached hydrogen (secondary N) is 2. The van der Waals surface area contributed by atoms with Gasteiger partial charge < -0.3 is 15.4 Å². The fourth-order valence-corrected chi connectivity index (χ4v) is 5.82. The van der Waals surface area contributed by atoms with Crippen LogP contribution in [0.4, 0.5) is 21.9 Å². The second-order valence-electron chi connectivity index (χ2n) is 10.6. The molecular weight excluding hydrogens is 632 g/mol. The first-order valence-corrected chi connectivity index (χ1v) is 14.3. The van der Waals surface area contributed by atoms with Crippen molar-refractivity contribution in [2.45, 2.75) is 36.6 Å². The quantitative estimate of drug-likeness (QED) is 0.260. The number of anilines is 3. The van der Waals surface area contributed by atoms with E-state index in [0.717, 1.165) is 0 Å². The molecule has 3 aromatic carbocycles. The summed E-state index contributed by atoms with van der Waals surface area (Å²) in [6.45, 7) is 5.32. The van der Waals surface area contributed by atoms with Gasteiger partial charge in [-0.15, -0.1) is 23.2 Å². The third-order valence-corrected chi connectivity index (χ3v) is 7.92. The maximum atomic E-state index is 13.1. The molecule has 3 amide bonds. The van der Waals surface area contributed by atoms with Crippen LogP contribution < -0.4 is 15.5 Å². The van der Waals surface area contributed by atoms with Crippen LogP contribution in [0.5, 0.6) is 0 Å². The number of carbonyl (C=O) groups excluding carboxylic acids is 3. The van der Waals surface area contributed by atoms with Crippen LogP contribution in [0.15, 0.2) is 60.7 Å². The number of ether oxygens (including phenoxy) is 1. The lowest BCUT2D eigenvalue weighted by Gasteiger charge is -2.25. The number of halogens is 5. The van der Waals surface area contributed by atoms with Gasteiger partial charge in [-0.2, -0.15) is 0 Å². The Morgan fingerprint density at radius 3 is 2.15 bits per heavy atom. The van der Waals surface area contributed by atoms with Crippen molar-refractivity contribution in [2.75, 3.05) is 22.6 Å². The van der Waals surface area contributed by atoms with Crippen molar-refractivity contribution >= 4 is 93.0 Å². The van der Waals surface area contributed by atoms with Crippen molar-refractivity contribution in [1.82, 2.24) is 0 Å². The molecule has 0 radical (unpaired) electrons. The number of hydrogen-bond acceptors (Lipinski definition) is 4. The number of rotatable bonds is 6. The highest BCUT2D eigenvalue weighted by molar-refractivity contribution is 6.53. The Morgan fingerprint density at radius 1 is 0.878 bits per heavy atom. The molecular formula is C29H26Cl5N3O4. The van der Waals surface area contributed by atoms with E-state index in [1.165, 1.54) is 17.0 Å². The van der Waals surface area contributed by atoms with Crippen LogP contribution in [0.25, 0.3) is 0 Å². The number of nitrogens with zero attached hydrogens (tertiary/aromatic N) is 1. The van der Waals surface area contributed by atoms with E-state index in [1.807, 2.05) is 0 Å². The molecule has 3 aromatic rings. The van der Waals surface area contributed by atoms with Crippen molar-refractivity contribution in [3.63, 3.8) is 0 Å². The van der Waals surface area contributed by atoms with Gasteiger partial charge in [0.1, 0.15) is 9.93 Å². The summed E-state index contributed by atoms with van der Waals surface area (Å²) in [5, 5.41) is 6.50. The zero-order valence-electron chi connectivity index (χ0n) is 22.4. The Kier molecular flexibility index (Phi) is 9.07. The number of amides is 3. The second kappa shape index (κ2) is 11.9. The van der Waals surface area contributed by atoms with E-state index in [2.05, 4.69) is 10.6 Å². The molecule has 0 saturated heterocycles. The largest absolute Gasteiger partial charge is 0.443 e. The van der Waals surface area contributed by atoms with Crippen LogP contribution in [-0.4, -0.2) is 34.9 Å². The van der Waals surface area contributed by atoms with Gasteiger partial charge in [0.15, 0.2) is 0 Å². The average molecular weight is 658 g/mol. The molecule has 2 unspecified atom stereocenters. The van der Waals surface area contributed by atoms with Crippen LogP contribution in [0.2, 0.25) is 15.1 Å². The maximum absolute atomic E-state index is 13.1. The first-order chi connectivity index (χ1) is 19.1. The standard InChI is InChI=1S/C29H26Cl5N3O4/c1-28(2,3)41-27(40)37(4)20-7-5-6-18(13-20)35-25(38)21-14-19(8-9-22(21)32)36-26(39)24-23(29(24,33)34)15-10-16(30)12-17(31)11-15/h5-14,23-24H,1-4H3,(H,35,38)(H,36,39). The van der Waals surface area contributed by atoms with E-state index in [-0.39, 0.29) is 10.6 Å². The summed E-state index contributed by atoms with van der Waals surface area (Å²) < 4.78 is 4.04. The molecule has 1 fully saturated rings. The van der Waals surface area contributed by atoms with Crippen molar-refractivity contribution in [2.24, 2.45) is 5.92 Å². The van der Waals surface area contributed by atoms with Crippen LogP contribution in [0, 0.1) is 5.92 Å². The maximum Gasteiger partial charge on any atom is 0.414 e. The summed E-state index contributed by atoms with van der Waals surface area (Å²) in [5.41, 5.74) is 1.35. The topological polar surface area (TPSA) is 87.7 Å². The molecule has 4 rings (SSSR count). The zero-order chi connectivity index (χ0) is 30.3. The number of alkyl halides is 2. The molecule has 1 aliphatic carbocycles. The van der Waals surface area contributed by atoms with Crippen molar-refractivity contribution < 1.29 is 19.1 Å². The lowest BCUT2D eigenvalue weighted by Crippen LogP contribution is -2.34. The molecule has 0 aromatic heterocycles. The third-order valence-electron chi connectivity index (χ3n) is 6.22. The minimum absolute atomic E-state index is 0.118. The predicted molar refractivity (Wildman–Crippen MR) is 166 cm³/mol. The summed E-state index contributed by atoms with van der Waals surface area (Å²) in [6.07, 6.45) is -0.540. The highest BCUT2D eigenvalue weighted by Gasteiger charge is 2.67. The van der Waals surface area contributed by atoms with Gasteiger partial charge in [0.2, 0.25) is 5.91 Å². The molecule has 0 spiro atoms. The summed E-state index contributed by atoms with van der Waals surface area (Å²) in [6, 6.07) is 16.1. The van der Waals surface area contributed by atoms with Crippen LogP contribution in [0.3, 0.4) is 0 Å². The molecule has 216 valence electrons. The summed E-state index contributed by atoms with van der Waals surface area (Å²) in [7, 11) is 1.57. The van der Waals surface area contributed by atoms with Crippen LogP contribution in [0.1, 0.15) is 42.6 Å². The van der Waals surface area contributed by atoms with Gasteiger partial charge in [-0.1, -0.05) is 40.9 Å². The Hall–Kier alpha value is -2.68. The SMILES string of the molecule is CN(C(=O)OC(C)(C)C)c1cccc(NC(=O)c2cc(NC(=O)C3C(c4cc(Cl)cc(Cl)c4)C3(Cl)Cl)ccc2Cl)c1. The van der Waals surface area contributed by atoms with Gasteiger partial charge in [-0.3, -0.25) is 14.5 Å². The van der Waals surface area contributed by atoms with Crippen molar-refractivity contribution in [3.05, 3.63) is 86.9 Å². The second-order valence-corrected chi connectivity index (χ2v) is 13.3. The van der Waals surface area contributed by atoms with E-state index in [1.54, 1.807) is 76.3 Å². The van der Waals surface area contributed by atoms with E-state index in [9.17, 15) is 14.4 Å². The zero-order valence-corrected chi connectivity index (χ0v) is 26.2. The Balaban J connectivity index is 1.47. The van der Waals surface area contributed by atoms with Gasteiger partial charge in [-0.05, 0) is 80.9 Å². The van der Waals surface area contributed by atoms with Crippen molar-refractivity contribution in [1.29, 1.82) is 0 Å². The van der Waals surface area contributed by atoms with E-state index in [4.69, 9.17) is 62.7 Å². The van der Waals surface area contributed by atoms with Gasteiger partial charge in [0.25, 0.3) is 5.91 Å². The van der Waals surface area contributed by atoms with E-state index >= 15 is 0 Å². The van der Waals surface area contributed by atoms with Gasteiger partial charge >= 0.3 is 6.09 Å². The molecule has 7 nitrogen and oxygen atoms in total. The van der Waals surface area contributed by atoms with Gasteiger partial charge in [0.05, 0.1) is 16.5 Å². The molecule has 2 N–H and O–H groups in total. The molecule has 0 bridgehead atoms. The van der Waals surface area contributed by atoms with E-state index in [0.29, 0.717) is 32.7 Å². The number of carbonyl (C=O) groups is 3. The Bertz CT molecular complexity index is 1500. The monoisotopic (exact) mass is 655 g/mol. The number of benzene rings is 3. The minimum Gasteiger partial charge on any atom is -0.443 e. The highest BCUT2D eigenvalue weighted by Crippen LogP contribution is 2.65. The van der Waals surface area contributed by atoms with Crippen molar-refractivity contribution in [3.8, 4) is 0 Å². The van der Waals surface area contributed by atoms with Gasteiger partial charge in [-0.25, -0.2) is 4.79 Å². The summed E-state index contributed by atoms with van der Waals surface area (Å²) in [4.78, 5) is 40.0. The lowest BCUT2D eigenvalue weighted by atomic mass is 10.1. The van der Waals surface area contributed by atoms with Gasteiger partial charge in [0, 0.05) is 40.1 Å². The molecule has 2 atom stereocenters. The lowest BCUT2D eigenvalue weighted by molar-refractivity contribution is -0.117. The van der Waals surface area contributed by atoms with Crippen LogP contribution >= 0.6 is 58.0 Å². The molecule has 12 heteroatoms. The summed E-state index contributed by atoms with van der Waals surface area (Å²) >= 11 is 31.5. The molecule has 1 saturated carbocycles. The fraction of sp³-hybridized carbons (Fsp3) is 0.276. The molecule has 0 aliphatic heterocycles.